The van der Waals surface area contributed by atoms with Crippen LogP contribution in [0.1, 0.15) is 24.7 Å². The van der Waals surface area contributed by atoms with E-state index in [0.29, 0.717) is 0 Å². The average Bonchev–Trinajstić information content (AvgIpc) is 2.97. The molecule has 2 rings (SSSR count). The van der Waals surface area contributed by atoms with E-state index in [1.54, 1.807) is 0 Å². The summed E-state index contributed by atoms with van der Waals surface area (Å²) < 4.78 is 41.6. The second kappa shape index (κ2) is 6.52. The average molecular weight is 345 g/mol. The number of carbonyl (C=O) groups is 1. The first-order valence-electron chi connectivity index (χ1n) is 6.39. The zero-order chi connectivity index (χ0) is 17.9. The number of benzene rings is 1. The van der Waals surface area contributed by atoms with Gasteiger partial charge in [0, 0.05) is 17.8 Å². The molecule has 1 aromatic carbocycles. The molecule has 0 radical (unpaired) electrons. The Morgan fingerprint density at radius 2 is 1.96 bits per heavy atom. The third kappa shape index (κ3) is 4.18. The summed E-state index contributed by atoms with van der Waals surface area (Å²) in [6.07, 6.45) is -4.75. The number of nitro groups is 1. The first-order valence-corrected chi connectivity index (χ1v) is 6.39. The van der Waals surface area contributed by atoms with Crippen LogP contribution < -0.4 is 10.6 Å². The van der Waals surface area contributed by atoms with Crippen molar-refractivity contribution in [1.82, 2.24) is 15.5 Å². The number of aromatic nitrogens is 2. The van der Waals surface area contributed by atoms with Crippen molar-refractivity contribution in [2.24, 2.45) is 0 Å². The number of rotatable bonds is 4. The van der Waals surface area contributed by atoms with E-state index in [1.165, 1.54) is 31.2 Å². The summed E-state index contributed by atoms with van der Waals surface area (Å²) in [5, 5.41) is 18.0. The fraction of sp³-hybridized carbons (Fsp3) is 0.250. The zero-order valence-corrected chi connectivity index (χ0v) is 12.0. The quantitative estimate of drug-likeness (QED) is 0.649. The highest BCUT2D eigenvalue weighted by Crippen LogP contribution is 2.27. The van der Waals surface area contributed by atoms with Gasteiger partial charge in [-0.25, -0.2) is 4.79 Å². The maximum absolute atomic E-state index is 12.4. The van der Waals surface area contributed by atoms with Crippen molar-refractivity contribution in [3.8, 4) is 0 Å². The summed E-state index contributed by atoms with van der Waals surface area (Å²) in [5.41, 5.74) is 0.103. The van der Waals surface area contributed by atoms with Gasteiger partial charge in [0.15, 0.2) is 0 Å². The van der Waals surface area contributed by atoms with E-state index in [9.17, 15) is 28.1 Å². The van der Waals surface area contributed by atoms with Gasteiger partial charge < -0.3 is 15.2 Å². The molecule has 0 saturated carbocycles. The molecule has 0 aliphatic rings. The van der Waals surface area contributed by atoms with E-state index in [-0.39, 0.29) is 11.4 Å². The normalized spacial score (nSPS) is 12.5. The molecule has 0 aliphatic heterocycles. The Kier molecular flexibility index (Phi) is 4.66. The van der Waals surface area contributed by atoms with Crippen molar-refractivity contribution < 1.29 is 27.4 Å². The lowest BCUT2D eigenvalue weighted by molar-refractivity contribution is -0.384. The fourth-order valence-corrected chi connectivity index (χ4v) is 1.62. The highest BCUT2D eigenvalue weighted by Gasteiger charge is 2.37. The number of carbonyl (C=O) groups excluding carboxylic acids is 1. The number of anilines is 1. The maximum atomic E-state index is 12.4. The third-order valence-corrected chi connectivity index (χ3v) is 2.75. The number of nitrogens with zero attached hydrogens (tertiary/aromatic N) is 3. The smallest absolute Gasteiger partial charge is 0.337 e. The lowest BCUT2D eigenvalue weighted by atomic mass is 10.3. The summed E-state index contributed by atoms with van der Waals surface area (Å²) >= 11 is 0. The van der Waals surface area contributed by atoms with Crippen LogP contribution in [-0.4, -0.2) is 21.1 Å². The van der Waals surface area contributed by atoms with Gasteiger partial charge >= 0.3 is 12.2 Å². The molecule has 1 aromatic heterocycles. The number of hydrogen-bond donors (Lipinski definition) is 2. The number of halogens is 3. The summed E-state index contributed by atoms with van der Waals surface area (Å²) in [5.74, 6) is -1.86. The number of nitro benzene ring substituents is 1. The standard InChI is InChI=1S/C12H10F3N5O4/c1-6(9-18-10(19-24-9)12(13,14)15)16-11(21)17-7-2-4-8(5-3-7)20(22)23/h2-6H,1H3,(H2,16,17,21). The topological polar surface area (TPSA) is 123 Å². The molecule has 2 amide bonds. The van der Waals surface area contributed by atoms with Gasteiger partial charge in [-0.2, -0.15) is 18.2 Å². The molecule has 12 heteroatoms. The van der Waals surface area contributed by atoms with Crippen LogP contribution in [-0.2, 0) is 6.18 Å². The summed E-state index contributed by atoms with van der Waals surface area (Å²) in [4.78, 5) is 24.8. The number of nitrogens with one attached hydrogen (secondary N) is 2. The minimum absolute atomic E-state index is 0.153. The van der Waals surface area contributed by atoms with Gasteiger partial charge in [0.2, 0.25) is 5.89 Å². The molecule has 1 heterocycles. The Labute approximate surface area is 132 Å². The SMILES string of the molecule is CC(NC(=O)Nc1ccc([N+](=O)[O-])cc1)c1nc(C(F)(F)F)no1. The van der Waals surface area contributed by atoms with Crippen LogP contribution in [0.15, 0.2) is 28.8 Å². The number of non-ortho nitro benzene ring substituents is 1. The van der Waals surface area contributed by atoms with Gasteiger partial charge in [-0.3, -0.25) is 10.1 Å². The summed E-state index contributed by atoms with van der Waals surface area (Å²) in [6.45, 7) is 1.35. The molecule has 2 N–H and O–H groups in total. The Morgan fingerprint density at radius 1 is 1.33 bits per heavy atom. The van der Waals surface area contributed by atoms with Crippen LogP contribution in [0.25, 0.3) is 0 Å². The zero-order valence-electron chi connectivity index (χ0n) is 12.0. The van der Waals surface area contributed by atoms with Crippen molar-refractivity contribution in [3.05, 3.63) is 46.1 Å². The number of alkyl halides is 3. The van der Waals surface area contributed by atoms with E-state index in [2.05, 4.69) is 25.3 Å². The Bertz CT molecular complexity index is 744. The largest absolute Gasteiger partial charge is 0.455 e. The van der Waals surface area contributed by atoms with Gasteiger partial charge in [0.05, 0.1) is 4.92 Å². The lowest BCUT2D eigenvalue weighted by Gasteiger charge is -2.11. The number of urea groups is 1. The minimum atomic E-state index is -4.75. The molecule has 0 saturated heterocycles. The van der Waals surface area contributed by atoms with Crippen molar-refractivity contribution in [1.29, 1.82) is 0 Å². The molecular weight excluding hydrogens is 335 g/mol. The summed E-state index contributed by atoms with van der Waals surface area (Å²) in [7, 11) is 0. The predicted octanol–water partition coefficient (Wildman–Crippen LogP) is 2.88. The third-order valence-electron chi connectivity index (χ3n) is 2.75. The van der Waals surface area contributed by atoms with Gasteiger partial charge in [-0.05, 0) is 19.1 Å². The molecule has 1 unspecified atom stereocenters. The molecule has 0 fully saturated rings. The molecule has 24 heavy (non-hydrogen) atoms. The Morgan fingerprint density at radius 3 is 2.46 bits per heavy atom. The molecule has 0 aliphatic carbocycles. The van der Waals surface area contributed by atoms with Crippen LogP contribution in [0, 0.1) is 10.1 Å². The van der Waals surface area contributed by atoms with Crippen molar-refractivity contribution >= 4 is 17.4 Å². The van der Waals surface area contributed by atoms with Gasteiger partial charge in [0.25, 0.3) is 11.5 Å². The predicted molar refractivity (Wildman–Crippen MR) is 73.0 cm³/mol. The Hall–Kier alpha value is -3.18. The second-order valence-electron chi connectivity index (χ2n) is 4.58. The highest BCUT2D eigenvalue weighted by atomic mass is 19.4. The first kappa shape index (κ1) is 17.2. The molecule has 0 spiro atoms. The van der Waals surface area contributed by atoms with Crippen LogP contribution in [0.4, 0.5) is 29.3 Å². The van der Waals surface area contributed by atoms with E-state index in [0.717, 1.165) is 0 Å². The lowest BCUT2D eigenvalue weighted by Crippen LogP contribution is -2.31. The Balaban J connectivity index is 1.96. The first-order chi connectivity index (χ1) is 11.2. The van der Waals surface area contributed by atoms with Crippen LogP contribution in [0.2, 0.25) is 0 Å². The molecule has 1 atom stereocenters. The van der Waals surface area contributed by atoms with Crippen LogP contribution >= 0.6 is 0 Å². The van der Waals surface area contributed by atoms with Gasteiger partial charge in [-0.15, -0.1) is 0 Å². The van der Waals surface area contributed by atoms with Crippen LogP contribution in [0.5, 0.6) is 0 Å². The molecule has 0 bridgehead atoms. The monoisotopic (exact) mass is 345 g/mol. The van der Waals surface area contributed by atoms with Gasteiger partial charge in [0.1, 0.15) is 6.04 Å². The number of amides is 2. The maximum Gasteiger partial charge on any atom is 0.455 e. The van der Waals surface area contributed by atoms with Crippen LogP contribution in [0.3, 0.4) is 0 Å². The van der Waals surface area contributed by atoms with Crippen molar-refractivity contribution in [2.75, 3.05) is 5.32 Å². The van der Waals surface area contributed by atoms with Crippen molar-refractivity contribution in [3.63, 3.8) is 0 Å². The van der Waals surface area contributed by atoms with E-state index < -0.39 is 34.9 Å². The molecule has 128 valence electrons. The molecule has 9 nitrogen and oxygen atoms in total. The van der Waals surface area contributed by atoms with E-state index >= 15 is 0 Å². The molecule has 2 aromatic rings. The number of hydrogen-bond acceptors (Lipinski definition) is 6. The molecular formula is C12H10F3N5O4. The van der Waals surface area contributed by atoms with E-state index in [4.69, 9.17) is 0 Å². The highest BCUT2D eigenvalue weighted by molar-refractivity contribution is 5.89. The van der Waals surface area contributed by atoms with E-state index in [1.807, 2.05) is 0 Å². The second-order valence-corrected chi connectivity index (χ2v) is 4.58. The fourth-order valence-electron chi connectivity index (χ4n) is 1.62. The summed E-state index contributed by atoms with van der Waals surface area (Å²) in [6, 6.07) is 3.24. The minimum Gasteiger partial charge on any atom is -0.337 e. The van der Waals surface area contributed by atoms with Crippen molar-refractivity contribution in [2.45, 2.75) is 19.1 Å². The van der Waals surface area contributed by atoms with Gasteiger partial charge in [-0.1, -0.05) is 5.16 Å².